The van der Waals surface area contributed by atoms with Gasteiger partial charge >= 0.3 is 0 Å². The zero-order valence-corrected chi connectivity index (χ0v) is 324. The molecule has 0 aromatic carbocycles. The van der Waals surface area contributed by atoms with E-state index in [-0.39, 0.29) is 3000 Å². The van der Waals surface area contributed by atoms with Gasteiger partial charge in [-0.1, -0.05) is 83.1 Å². The third-order valence-corrected chi connectivity index (χ3v) is 2.78. The average Bonchev–Trinajstić information content (AvgIpc) is 2.36. The van der Waals surface area contributed by atoms with Crippen LogP contribution < -0.4 is 0 Å². The number of hydrogen-bond donors (Lipinski definition) is 0. The zero-order valence-electron chi connectivity index (χ0n) is 65.8. The van der Waals surface area contributed by atoms with E-state index in [1.54, 1.807) is 0 Å². The summed E-state index contributed by atoms with van der Waals surface area (Å²) in [5, 5.41) is 0. The molecular formula is C20H48Y91-4. The Hall–Kier alpha value is 100. The molecule has 1 rings (SSSR count). The maximum atomic E-state index is 4.13. The average molecular weight is 8380 g/mol. The Morgan fingerprint density at radius 1 is 0.135 bits per heavy atom. The van der Waals surface area contributed by atoms with Gasteiger partial charge in [-0.15, -0.1) is 5.92 Å². The molecule has 0 nitrogen and oxygen atoms in total. The summed E-state index contributed by atoms with van der Waals surface area (Å²) in [5.41, 5.74) is 0. The van der Waals surface area contributed by atoms with E-state index in [4.69, 9.17) is 0 Å². The second-order valence-corrected chi connectivity index (χ2v) is 3.79. The smallest absolute Gasteiger partial charge is 0 e. The van der Waals surface area contributed by atoms with E-state index in [0.29, 0.717) is 17.8 Å². The molecule has 0 N–H and O–H groups in total. The fourth-order valence-electron chi connectivity index (χ4n) is 2.18. The molecule has 1 aliphatic rings. The van der Waals surface area contributed by atoms with Gasteiger partial charge in [0.05, 0.1) is 0 Å². The monoisotopic (exact) mass is 8380 g/mol. The minimum Gasteiger partial charge on any atom is -0.369 e. The van der Waals surface area contributed by atoms with Gasteiger partial charge in [0.15, 0.2) is 0 Å². The maximum Gasteiger partial charge on any atom is 0 e. The Labute approximate surface area is 2990 Å². The molecule has 0 heterocycles. The molecule has 1 saturated carbocycles. The van der Waals surface area contributed by atoms with Gasteiger partial charge in [0.25, 0.3) is 0 Å². The van der Waals surface area contributed by atoms with Crippen LogP contribution in [-0.2, 0) is 2980 Å². The molecule has 0 amide bonds. The zero-order chi connectivity index (χ0) is 14.4. The molecule has 0 aromatic rings. The van der Waals surface area contributed by atoms with E-state index < -0.39 is 0 Å². The van der Waals surface area contributed by atoms with Gasteiger partial charge in [-0.25, -0.2) is 0 Å². The van der Waals surface area contributed by atoms with Crippen LogP contribution in [0.25, 0.3) is 0 Å². The molecule has 0 aromatic heterocycles. The van der Waals surface area contributed by atoms with Crippen LogP contribution in [0.3, 0.4) is 0 Å². The van der Waals surface area contributed by atoms with Gasteiger partial charge < -0.3 is 33.6 Å². The van der Waals surface area contributed by atoms with Gasteiger partial charge in [0, 0.05) is 2980 Å². The molecular weight excluding hydrogens is 8330 g/mol. The first kappa shape index (κ1) is 715. The summed E-state index contributed by atoms with van der Waals surface area (Å²) in [7, 11) is 0. The molecule has 91 radical (unpaired) electrons. The molecule has 111 heavy (non-hydrogen) atoms. The van der Waals surface area contributed by atoms with Crippen LogP contribution in [0, 0.1) is 51.4 Å². The van der Waals surface area contributed by atoms with Crippen molar-refractivity contribution >= 4 is 0 Å². The van der Waals surface area contributed by atoms with Crippen LogP contribution in [0.15, 0.2) is 0 Å². The summed E-state index contributed by atoms with van der Waals surface area (Å²) < 4.78 is 0. The Morgan fingerprint density at radius 2 is 0.180 bits per heavy atom. The van der Waals surface area contributed by atoms with Crippen LogP contribution in [0.2, 0.25) is 0 Å². The first-order valence-electron chi connectivity index (χ1n) is 7.45. The molecule has 0 spiro atoms. The van der Waals surface area contributed by atoms with Crippen LogP contribution in [0.5, 0.6) is 0 Å². The van der Waals surface area contributed by atoms with Crippen LogP contribution >= 0.6 is 0 Å². The van der Waals surface area contributed by atoms with Crippen LogP contribution in [0.4, 0.5) is 0 Å². The fourth-order valence-corrected chi connectivity index (χ4v) is 2.18. The van der Waals surface area contributed by atoms with Gasteiger partial charge in [0.2, 0.25) is 0 Å². The van der Waals surface area contributed by atoms with Crippen LogP contribution in [-0.4, -0.2) is 0 Å². The molecule has 1 fully saturated rings. The van der Waals surface area contributed by atoms with Gasteiger partial charge in [-0.3, -0.25) is 0 Å². The van der Waals surface area contributed by atoms with Crippen molar-refractivity contribution in [2.24, 2.45) is 23.7 Å². The van der Waals surface area contributed by atoms with E-state index in [2.05, 4.69) is 27.7 Å². The van der Waals surface area contributed by atoms with Crippen molar-refractivity contribution in [1.82, 2.24) is 0 Å². The third-order valence-electron chi connectivity index (χ3n) is 2.78. The van der Waals surface area contributed by atoms with Gasteiger partial charge in [-0.2, -0.15) is 11.8 Å². The minimum atomic E-state index is 0. The second kappa shape index (κ2) is 693. The predicted octanol–water partition coefficient (Wildman–Crippen LogP) is 7.73. The number of hydrogen-bond acceptors (Lipinski definition) is 0. The Balaban J connectivity index is -0.000000000203. The largest absolute Gasteiger partial charge is 0.369 e. The summed E-state index contributed by atoms with van der Waals surface area (Å²) in [4.78, 5) is 0. The van der Waals surface area contributed by atoms with E-state index in [0.717, 1.165) is 0 Å². The van der Waals surface area contributed by atoms with E-state index in [1.165, 1.54) is 19.3 Å². The van der Waals surface area contributed by atoms with Crippen molar-refractivity contribution in [3.05, 3.63) is 27.7 Å². The second-order valence-electron chi connectivity index (χ2n) is 3.79. The van der Waals surface area contributed by atoms with Crippen molar-refractivity contribution in [1.29, 1.82) is 0 Å². The first-order valence-corrected chi connectivity index (χ1v) is 7.45. The summed E-state index contributed by atoms with van der Waals surface area (Å²) in [5.74, 6) is 1.88. The van der Waals surface area contributed by atoms with Gasteiger partial charge in [0.1, 0.15) is 0 Å². The first-order chi connectivity index (χ1) is 8.13. The summed E-state index contributed by atoms with van der Waals surface area (Å²) >= 11 is 0. The molecule has 405 valence electrons. The summed E-state index contributed by atoms with van der Waals surface area (Å²) in [6.45, 7) is 28.2. The molecule has 1 unspecified atom stereocenters. The van der Waals surface area contributed by atoms with Gasteiger partial charge in [-0.05, 0) is 0 Å². The van der Waals surface area contributed by atoms with E-state index >= 15 is 0 Å². The van der Waals surface area contributed by atoms with Crippen molar-refractivity contribution < 1.29 is 2980 Å². The Kier molecular flexibility index (Phi) is 4460. The number of rotatable bonds is 1. The standard InChI is InChI=1S/C11H18.3C2H6.3CH4.91Y/c1-8(2)11-9(3)6-5-7-10(11)4;3*1-2;;;;;;;;;;;;;;;;;;;;;;;;;;;;;;;;;;;;;;;;;;;;;;;;;;;;;;;;;;;;;;;;;;;;;;;;;;;;;;;;;;;;;;;;;;;;;;/h8-11H,1-7H2;3*1-2H3;3*1H4;;;;;;;;;;;;;;;;;;;;;;;;;;;;;;;;;;;;;;;;;;;;;;;;;;;;;;;;;;;;;;;;;;;;;;;;;;;;;;;;;;;;;;;;;;;/q-4;;;;;;;;;;;;;;;;;;;;;;;;;;;;;;;;;;;;;;;;;;;;;;;;;;;;;;;;;;;;;;;;;;;;;;;;;;;;;;;;;;;;;;;;;;;;;;;;;/t9-,10+,11?;;;;;;;;;;;;;;;;;;;;;;;;;;;;;;;;;;;;;;;;;;;;;;;;;;;;;;;;;;;;;;;;;;;;;;;;;;;;;;;;;;;;;;;;;;;;;;;;;. The minimum absolute atomic E-state index is 0. The Morgan fingerprint density at radius 3 is 0.207 bits per heavy atom. The van der Waals surface area contributed by atoms with E-state index in [1.807, 2.05) is 41.5 Å². The van der Waals surface area contributed by atoms with Crippen LogP contribution in [0.1, 0.15) is 83.1 Å². The Bertz CT molecular complexity index is 181. The third kappa shape index (κ3) is 652. The predicted molar refractivity (Wildman–Crippen MR) is 103 cm³/mol. The quantitative estimate of drug-likeness (QED) is 0.236. The topological polar surface area (TPSA) is 0 Å². The van der Waals surface area contributed by atoms with Crippen molar-refractivity contribution in [3.8, 4) is 0 Å². The van der Waals surface area contributed by atoms with Crippen molar-refractivity contribution in [2.45, 2.75) is 83.1 Å². The molecule has 3 atom stereocenters. The van der Waals surface area contributed by atoms with E-state index in [9.17, 15) is 0 Å². The normalized spacial score (nSPS) is 4.08. The SMILES string of the molecule is C.C.C.CC.CC.CC.[CH2-]C([CH2-])C1[C@H]([CH2-])CCC[C@@H]1[CH2-].[Y].[Y].[Y].[Y].[Y].[Y].[Y].[Y].[Y].[Y].[Y].[Y].[Y].[Y].[Y].[Y].[Y].[Y].[Y].[Y].[Y].[Y].[Y].[Y].[Y].[Y].[Y].[Y].[Y].[Y].[Y].[Y].[Y].[Y].[Y].[Y].[Y].[Y].[Y].[Y].[Y].[Y].[Y].[Y].[Y].[Y].[Y].[Y].[Y].[Y].[Y].[Y].[Y].[Y].[Y].[Y].[Y].[Y].[Y].[Y].[Y].[Y].[Y].[Y].[Y].[Y].[Y].[Y].[Y].[Y].[Y].[Y].[Y].[Y].[Y].[Y].[Y].[Y].[Y].[Y].[Y].[Y].[Y].[Y].[Y].[Y].[Y].[Y].[Y].[Y].[Y]. The van der Waals surface area contributed by atoms with Crippen molar-refractivity contribution in [2.75, 3.05) is 0 Å². The summed E-state index contributed by atoms with van der Waals surface area (Å²) in [6, 6.07) is 0. The molecule has 0 aliphatic heterocycles. The summed E-state index contributed by atoms with van der Waals surface area (Å²) in [6.07, 6.45) is 3.75. The molecule has 0 saturated heterocycles. The van der Waals surface area contributed by atoms with Crippen molar-refractivity contribution in [3.63, 3.8) is 0 Å². The fraction of sp³-hybridized carbons (Fsp3) is 0.800. The molecule has 0 bridgehead atoms. The molecule has 91 heteroatoms. The molecule has 1 aliphatic carbocycles. The maximum absolute atomic E-state index is 4.13.